The zero-order chi connectivity index (χ0) is 27.9. The molecule has 1 saturated carbocycles. The van der Waals surface area contributed by atoms with Crippen molar-refractivity contribution in [2.45, 2.75) is 77.0 Å². The number of carbonyl (C=O) groups excluding carboxylic acids is 1. The Bertz CT molecular complexity index is 1330. The highest BCUT2D eigenvalue weighted by Gasteiger charge is 2.31. The van der Waals surface area contributed by atoms with Crippen LogP contribution in [-0.2, 0) is 18.0 Å². The van der Waals surface area contributed by atoms with Gasteiger partial charge in [-0.3, -0.25) is 9.78 Å². The number of rotatable bonds is 12. The second-order valence-electron chi connectivity index (χ2n) is 9.55. The molecule has 3 aromatic heterocycles. The third-order valence-electron chi connectivity index (χ3n) is 6.81. The smallest absolute Gasteiger partial charge is 0.185 e. The predicted molar refractivity (Wildman–Crippen MR) is 153 cm³/mol. The van der Waals surface area contributed by atoms with Gasteiger partial charge in [-0.25, -0.2) is 29.3 Å². The molecule has 39 heavy (non-hydrogen) atoms. The second-order valence-corrected chi connectivity index (χ2v) is 10.9. The minimum Gasteiger partial charge on any atom is -0.362 e. The van der Waals surface area contributed by atoms with Gasteiger partial charge in [-0.1, -0.05) is 13.8 Å². The Kier molecular flexibility index (Phi) is 9.55. The van der Waals surface area contributed by atoms with Crippen LogP contribution >= 0.6 is 11.8 Å². The average molecular weight is 551 g/mol. The van der Waals surface area contributed by atoms with Gasteiger partial charge in [0.1, 0.15) is 24.4 Å². The minimum absolute atomic E-state index is 0.0477. The summed E-state index contributed by atoms with van der Waals surface area (Å²) in [5.74, 6) is 2.17. The first-order chi connectivity index (χ1) is 18.9. The van der Waals surface area contributed by atoms with Crippen LogP contribution < -0.4 is 10.2 Å². The Morgan fingerprint density at radius 1 is 1.26 bits per heavy atom. The molecule has 0 amide bonds. The molecular weight excluding hydrogens is 515 g/mol. The highest BCUT2D eigenvalue weighted by Crippen LogP contribution is 2.44. The molecule has 4 rings (SSSR count). The van der Waals surface area contributed by atoms with Crippen molar-refractivity contribution < 1.29 is 9.18 Å². The maximum Gasteiger partial charge on any atom is 0.185 e. The predicted octanol–water partition coefficient (Wildman–Crippen LogP) is 5.35. The average Bonchev–Trinajstić information content (AvgIpc) is 3.80. The summed E-state index contributed by atoms with van der Waals surface area (Å²) in [4.78, 5) is 42.4. The monoisotopic (exact) mass is 550 g/mol. The number of hydrogen-bond donors (Lipinski definition) is 1. The number of aliphatic imine (C=N–C) groups is 1. The molecular formula is C28H35FN8OS. The first-order valence-electron chi connectivity index (χ1n) is 13.3. The zero-order valence-electron chi connectivity index (χ0n) is 23.1. The fraction of sp³-hybridized carbons (Fsp3) is 0.464. The summed E-state index contributed by atoms with van der Waals surface area (Å²) in [5.41, 5.74) is 3.47. The Morgan fingerprint density at radius 2 is 2.05 bits per heavy atom. The number of aldehydes is 1. The van der Waals surface area contributed by atoms with Gasteiger partial charge < -0.3 is 10.2 Å². The van der Waals surface area contributed by atoms with Gasteiger partial charge in [-0.05, 0) is 51.0 Å². The summed E-state index contributed by atoms with van der Waals surface area (Å²) in [6, 6.07) is 3.98. The quantitative estimate of drug-likeness (QED) is 0.138. The summed E-state index contributed by atoms with van der Waals surface area (Å²) in [6.45, 7) is 7.52. The number of thioether (sulfide) groups is 1. The molecule has 1 N–H and O–H groups in total. The summed E-state index contributed by atoms with van der Waals surface area (Å²) in [7, 11) is 1.89. The maximum absolute atomic E-state index is 14.6. The lowest BCUT2D eigenvalue weighted by molar-refractivity contribution is -0.102. The van der Waals surface area contributed by atoms with Crippen LogP contribution in [-0.4, -0.2) is 55.9 Å². The number of pyridine rings is 1. The van der Waals surface area contributed by atoms with Crippen molar-refractivity contribution in [2.24, 2.45) is 4.99 Å². The molecule has 11 heteroatoms. The van der Waals surface area contributed by atoms with E-state index in [1.165, 1.54) is 0 Å². The van der Waals surface area contributed by atoms with Crippen molar-refractivity contribution in [1.29, 1.82) is 0 Å². The van der Waals surface area contributed by atoms with E-state index in [0.717, 1.165) is 52.6 Å². The number of hydrogen-bond acceptors (Lipinski definition) is 9. The molecule has 206 valence electrons. The van der Waals surface area contributed by atoms with Crippen LogP contribution in [0, 0.1) is 6.92 Å². The molecule has 0 bridgehead atoms. The molecule has 3 heterocycles. The lowest BCUT2D eigenvalue weighted by atomic mass is 10.1. The molecule has 0 aliphatic heterocycles. The molecule has 0 spiro atoms. The van der Waals surface area contributed by atoms with E-state index in [9.17, 15) is 9.18 Å². The molecule has 1 atom stereocenters. The largest absolute Gasteiger partial charge is 0.362 e. The van der Waals surface area contributed by atoms with Crippen molar-refractivity contribution in [3.05, 3.63) is 47.4 Å². The SMILES string of the molecule is CCSc1ccc(CN/C(C=O)=N/c2c(CF)nc(-c3c(C)ncnc3C3CC3)nc2N(C)[C@H](C)CC)nc1. The molecule has 9 nitrogen and oxygen atoms in total. The Morgan fingerprint density at radius 3 is 2.67 bits per heavy atom. The molecule has 1 fully saturated rings. The number of aromatic nitrogens is 5. The molecule has 0 aromatic carbocycles. The fourth-order valence-electron chi connectivity index (χ4n) is 4.15. The Balaban J connectivity index is 1.75. The summed E-state index contributed by atoms with van der Waals surface area (Å²) < 4.78 is 14.6. The normalized spacial score (nSPS) is 14.3. The van der Waals surface area contributed by atoms with Gasteiger partial charge in [0.25, 0.3) is 0 Å². The van der Waals surface area contributed by atoms with Gasteiger partial charge in [0, 0.05) is 30.1 Å². The van der Waals surface area contributed by atoms with Crippen LogP contribution in [0.15, 0.2) is 34.5 Å². The van der Waals surface area contributed by atoms with Crippen LogP contribution in [0.4, 0.5) is 15.9 Å². The van der Waals surface area contributed by atoms with Crippen LogP contribution in [0.1, 0.15) is 68.7 Å². The number of nitrogens with one attached hydrogen (secondary N) is 1. The molecule has 1 aliphatic carbocycles. The summed E-state index contributed by atoms with van der Waals surface area (Å²) in [5, 5.41) is 3.03. The fourth-order valence-corrected chi connectivity index (χ4v) is 4.77. The molecule has 0 saturated heterocycles. The zero-order valence-corrected chi connectivity index (χ0v) is 23.9. The van der Waals surface area contributed by atoms with Crippen molar-refractivity contribution in [3.8, 4) is 11.4 Å². The second kappa shape index (κ2) is 13.1. The Labute approximate surface area is 233 Å². The van der Waals surface area contributed by atoms with E-state index < -0.39 is 6.67 Å². The van der Waals surface area contributed by atoms with Crippen molar-refractivity contribution >= 4 is 35.4 Å². The van der Waals surface area contributed by atoms with E-state index in [1.54, 1.807) is 24.3 Å². The van der Waals surface area contributed by atoms with E-state index in [2.05, 4.69) is 51.0 Å². The number of carbonyl (C=O) groups is 1. The molecule has 0 unspecified atom stereocenters. The van der Waals surface area contributed by atoms with Gasteiger partial charge in [0.2, 0.25) is 0 Å². The third-order valence-corrected chi connectivity index (χ3v) is 7.67. The highest BCUT2D eigenvalue weighted by atomic mass is 32.2. The highest BCUT2D eigenvalue weighted by molar-refractivity contribution is 7.99. The number of halogens is 1. The van der Waals surface area contributed by atoms with E-state index in [-0.39, 0.29) is 23.3 Å². The minimum atomic E-state index is -0.870. The van der Waals surface area contributed by atoms with E-state index in [1.807, 2.05) is 31.0 Å². The standard InChI is InChI=1S/C28H35FN8OS/c1-6-17(3)37(5)28-26(35-23(15-38)31-13-20-10-11-21(14-30-20)39-7-2)22(12-29)34-27(36-28)24-18(4)32-16-33-25(24)19-8-9-19/h10-11,14-17,19H,6-9,12-13H2,1-5H3,(H,31,35)/t17-/m1/s1. The van der Waals surface area contributed by atoms with Gasteiger partial charge in [0.05, 0.1) is 29.2 Å². The molecule has 3 aromatic rings. The topological polar surface area (TPSA) is 109 Å². The number of amidine groups is 1. The number of aryl methyl sites for hydroxylation is 1. The molecule has 0 radical (unpaired) electrons. The van der Waals surface area contributed by atoms with E-state index in [4.69, 9.17) is 4.98 Å². The first kappa shape index (κ1) is 28.5. The summed E-state index contributed by atoms with van der Waals surface area (Å²) in [6.07, 6.45) is 6.91. The maximum atomic E-state index is 14.6. The lowest BCUT2D eigenvalue weighted by Gasteiger charge is -2.27. The van der Waals surface area contributed by atoms with Crippen molar-refractivity contribution in [1.82, 2.24) is 30.2 Å². The van der Waals surface area contributed by atoms with E-state index in [0.29, 0.717) is 30.4 Å². The van der Waals surface area contributed by atoms with Gasteiger partial charge in [-0.15, -0.1) is 11.8 Å². The van der Waals surface area contributed by atoms with E-state index >= 15 is 0 Å². The van der Waals surface area contributed by atoms with Crippen LogP contribution in [0.5, 0.6) is 0 Å². The van der Waals surface area contributed by atoms with Crippen LogP contribution in [0.2, 0.25) is 0 Å². The van der Waals surface area contributed by atoms with Gasteiger partial charge in [-0.2, -0.15) is 0 Å². The Hall–Kier alpha value is -3.47. The number of anilines is 1. The third kappa shape index (κ3) is 6.76. The number of nitrogens with zero attached hydrogens (tertiary/aromatic N) is 7. The number of alkyl halides is 1. The van der Waals surface area contributed by atoms with Crippen molar-refractivity contribution in [3.63, 3.8) is 0 Å². The van der Waals surface area contributed by atoms with Gasteiger partial charge >= 0.3 is 0 Å². The first-order valence-corrected chi connectivity index (χ1v) is 14.3. The molecule has 1 aliphatic rings. The van der Waals surface area contributed by atoms with Gasteiger partial charge in [0.15, 0.2) is 23.8 Å². The van der Waals surface area contributed by atoms with Crippen LogP contribution in [0.3, 0.4) is 0 Å². The van der Waals surface area contributed by atoms with Crippen molar-refractivity contribution in [2.75, 3.05) is 17.7 Å². The summed E-state index contributed by atoms with van der Waals surface area (Å²) >= 11 is 1.71. The lowest BCUT2D eigenvalue weighted by Crippen LogP contribution is -2.30. The van der Waals surface area contributed by atoms with Crippen LogP contribution in [0.25, 0.3) is 11.4 Å².